The smallest absolute Gasteiger partial charge is 0.258 e. The number of furan rings is 1. The quantitative estimate of drug-likeness (QED) is 0.255. The van der Waals surface area contributed by atoms with Gasteiger partial charge >= 0.3 is 0 Å². The maximum absolute atomic E-state index is 13.8. The van der Waals surface area contributed by atoms with Gasteiger partial charge in [-0.2, -0.15) is 4.98 Å². The minimum Gasteiger partial charge on any atom is -0.493 e. The summed E-state index contributed by atoms with van der Waals surface area (Å²) in [6.45, 7) is 2.56. The van der Waals surface area contributed by atoms with Gasteiger partial charge in [-0.1, -0.05) is 29.4 Å². The van der Waals surface area contributed by atoms with Crippen LogP contribution in [0.2, 0.25) is 0 Å². The Morgan fingerprint density at radius 3 is 2.76 bits per heavy atom. The Bertz CT molecular complexity index is 2040. The van der Waals surface area contributed by atoms with E-state index in [4.69, 9.17) is 23.2 Å². The lowest BCUT2D eigenvalue weighted by Crippen LogP contribution is -2.45. The Kier molecular flexibility index (Phi) is 9.68. The average Bonchev–Trinajstić information content (AvgIpc) is 3.93. The number of nitrogens with one attached hydrogen (secondary N) is 2. The molecule has 3 amide bonds. The number of benzene rings is 3. The molecule has 3 aromatic carbocycles. The molecule has 0 radical (unpaired) electrons. The molecule has 3 aliphatic heterocycles. The molecule has 0 saturated carbocycles. The first-order valence-corrected chi connectivity index (χ1v) is 16.7. The Morgan fingerprint density at radius 2 is 1.92 bits per heavy atom. The number of carbonyl (C=O) groups excluding carboxylic acids is 3. The van der Waals surface area contributed by atoms with Crippen LogP contribution in [0.3, 0.4) is 0 Å². The van der Waals surface area contributed by atoms with Gasteiger partial charge in [-0.15, -0.1) is 0 Å². The molecule has 2 N–H and O–H groups in total. The summed E-state index contributed by atoms with van der Waals surface area (Å²) in [7, 11) is 1.53. The highest BCUT2D eigenvalue weighted by atomic mass is 16.5. The van der Waals surface area contributed by atoms with E-state index in [0.717, 1.165) is 22.3 Å². The van der Waals surface area contributed by atoms with Gasteiger partial charge in [0, 0.05) is 31.5 Å². The molecular weight excluding hydrogens is 654 g/mol. The van der Waals surface area contributed by atoms with Crippen molar-refractivity contribution in [2.75, 3.05) is 26.8 Å². The summed E-state index contributed by atoms with van der Waals surface area (Å²) < 4.78 is 28.6. The fourth-order valence-electron chi connectivity index (χ4n) is 6.21. The van der Waals surface area contributed by atoms with Crippen molar-refractivity contribution in [2.45, 2.75) is 44.9 Å². The molecule has 1 saturated heterocycles. The molecule has 5 aromatic rings. The Morgan fingerprint density at radius 1 is 1.02 bits per heavy atom. The number of hydrogen-bond donors (Lipinski definition) is 2. The topological polar surface area (TPSA) is 158 Å². The van der Waals surface area contributed by atoms with Crippen molar-refractivity contribution in [2.24, 2.45) is 0 Å². The van der Waals surface area contributed by atoms with Crippen molar-refractivity contribution in [1.82, 2.24) is 25.7 Å². The fourth-order valence-corrected chi connectivity index (χ4v) is 6.21. The number of nitrogens with zero attached hydrogens (tertiary/aromatic N) is 3. The molecule has 13 heteroatoms. The number of amides is 3. The van der Waals surface area contributed by atoms with Crippen LogP contribution in [-0.4, -0.2) is 71.7 Å². The lowest BCUT2D eigenvalue weighted by atomic mass is 9.97. The number of likely N-dealkylation sites (tertiary alicyclic amines) is 1. The molecule has 51 heavy (non-hydrogen) atoms. The van der Waals surface area contributed by atoms with Crippen molar-refractivity contribution in [3.05, 3.63) is 102 Å². The van der Waals surface area contributed by atoms with Crippen LogP contribution in [0.4, 0.5) is 0 Å². The number of fused-ring (bicyclic) bond motifs is 7. The van der Waals surface area contributed by atoms with E-state index in [-0.39, 0.29) is 50.4 Å². The molecule has 0 unspecified atom stereocenters. The summed E-state index contributed by atoms with van der Waals surface area (Å²) in [6.07, 6.45) is 2.10. The maximum atomic E-state index is 13.8. The molecule has 1 fully saturated rings. The summed E-state index contributed by atoms with van der Waals surface area (Å²) in [5.41, 5.74) is 3.91. The lowest BCUT2D eigenvalue weighted by molar-refractivity contribution is -0.130. The first-order valence-electron chi connectivity index (χ1n) is 16.7. The number of methoxy groups -OCH3 is 1. The second kappa shape index (κ2) is 14.8. The predicted molar refractivity (Wildman–Crippen MR) is 184 cm³/mol. The summed E-state index contributed by atoms with van der Waals surface area (Å²) in [6, 6.07) is 21.2. The zero-order valence-corrected chi connectivity index (χ0v) is 28.2. The highest BCUT2D eigenvalue weighted by Crippen LogP contribution is 2.32. The van der Waals surface area contributed by atoms with Crippen LogP contribution in [0, 0.1) is 6.92 Å². The van der Waals surface area contributed by atoms with Crippen LogP contribution in [0.1, 0.15) is 40.2 Å². The van der Waals surface area contributed by atoms with Crippen molar-refractivity contribution < 1.29 is 37.5 Å². The fraction of sp³-hybridized carbons (Fsp3) is 0.289. The van der Waals surface area contributed by atoms with Gasteiger partial charge in [0.1, 0.15) is 11.9 Å². The van der Waals surface area contributed by atoms with E-state index >= 15 is 0 Å². The zero-order valence-electron chi connectivity index (χ0n) is 28.2. The first-order chi connectivity index (χ1) is 24.8. The molecule has 262 valence electrons. The van der Waals surface area contributed by atoms with E-state index in [0.29, 0.717) is 53.1 Å². The molecule has 2 aromatic heterocycles. The normalized spacial score (nSPS) is 17.5. The number of aryl methyl sites for hydroxylation is 2. The number of ether oxygens (including phenoxy) is 3. The minimum absolute atomic E-state index is 0.0885. The van der Waals surface area contributed by atoms with E-state index in [2.05, 4.69) is 20.8 Å². The first kappa shape index (κ1) is 33.4. The van der Waals surface area contributed by atoms with Crippen LogP contribution >= 0.6 is 0 Å². The van der Waals surface area contributed by atoms with Crippen LogP contribution in [0.15, 0.2) is 88.0 Å². The highest BCUT2D eigenvalue weighted by Gasteiger charge is 2.38. The molecule has 8 rings (SSSR count). The lowest BCUT2D eigenvalue weighted by Gasteiger charge is -2.23. The summed E-state index contributed by atoms with van der Waals surface area (Å²) in [5, 5.41) is 9.97. The van der Waals surface area contributed by atoms with E-state index in [1.165, 1.54) is 13.4 Å². The van der Waals surface area contributed by atoms with E-state index in [1.54, 1.807) is 41.3 Å². The summed E-state index contributed by atoms with van der Waals surface area (Å²) in [4.78, 5) is 46.0. The van der Waals surface area contributed by atoms with Crippen LogP contribution < -0.4 is 24.8 Å². The molecule has 5 heterocycles. The zero-order chi connectivity index (χ0) is 35.3. The Balaban J connectivity index is 1.12. The molecule has 6 bridgehead atoms. The Hall–Kier alpha value is -6.11. The number of rotatable bonds is 6. The molecule has 0 spiro atoms. The monoisotopic (exact) mass is 691 g/mol. The highest BCUT2D eigenvalue weighted by molar-refractivity contribution is 5.96. The van der Waals surface area contributed by atoms with Crippen LogP contribution in [0.25, 0.3) is 22.7 Å². The minimum atomic E-state index is -0.575. The van der Waals surface area contributed by atoms with E-state index < -0.39 is 12.1 Å². The second-order valence-electron chi connectivity index (χ2n) is 12.5. The van der Waals surface area contributed by atoms with Gasteiger partial charge in [0.2, 0.25) is 17.6 Å². The third-order valence-electron chi connectivity index (χ3n) is 8.94. The van der Waals surface area contributed by atoms with Crippen LogP contribution in [0.5, 0.6) is 17.2 Å². The van der Waals surface area contributed by atoms with Gasteiger partial charge in [-0.05, 0) is 84.1 Å². The summed E-state index contributed by atoms with van der Waals surface area (Å²) >= 11 is 0. The van der Waals surface area contributed by atoms with Gasteiger partial charge in [-0.25, -0.2) is 0 Å². The molecule has 2 atom stereocenters. The predicted octanol–water partition coefficient (Wildman–Crippen LogP) is 4.73. The van der Waals surface area contributed by atoms with Crippen LogP contribution in [-0.2, 0) is 22.6 Å². The number of carbonyl (C=O) groups is 3. The summed E-state index contributed by atoms with van der Waals surface area (Å²) in [5.74, 6) is 2.04. The van der Waals surface area contributed by atoms with Gasteiger partial charge in [-0.3, -0.25) is 14.4 Å². The standard InChI is InChI=1S/C38H37N5O8/c1-23-11-13-26-18-28(23)25-6-3-7-27(17-25)49-22-34(44)39-19-24-12-14-30(32(16-24)47-2)50-33-21-43(20-29(33)40-38(26)46)36(45)10-4-9-35-41-37(42-51-35)31-8-5-15-48-31/h3,5-8,11-18,29,33H,4,9-10,19-22H2,1-2H3,(H,39,44)(H,40,46)/t29-,33-/m0/s1. The molecular formula is C38H37N5O8. The molecule has 3 aliphatic rings. The third kappa shape index (κ3) is 7.72. The van der Waals surface area contributed by atoms with Gasteiger partial charge in [0.25, 0.3) is 11.8 Å². The average molecular weight is 692 g/mol. The SMILES string of the molecule is COc1cc2ccc1O[C@H]1CN(C(=O)CCCc3nc(-c4ccco4)no3)C[C@@H]1NC(=O)c1ccc(C)c(c1)-c1cccc(c1)OCC(=O)NC2. The molecule has 13 nitrogen and oxygen atoms in total. The van der Waals surface area contributed by atoms with Crippen molar-refractivity contribution in [3.63, 3.8) is 0 Å². The van der Waals surface area contributed by atoms with E-state index in [1.807, 2.05) is 43.3 Å². The van der Waals surface area contributed by atoms with Crippen molar-refractivity contribution in [3.8, 4) is 40.0 Å². The van der Waals surface area contributed by atoms with E-state index in [9.17, 15) is 14.4 Å². The number of aromatic nitrogens is 2. The van der Waals surface area contributed by atoms with Crippen molar-refractivity contribution >= 4 is 17.7 Å². The third-order valence-corrected chi connectivity index (χ3v) is 8.94. The molecule has 0 aliphatic carbocycles. The number of hydrogen-bond acceptors (Lipinski definition) is 10. The maximum Gasteiger partial charge on any atom is 0.258 e. The van der Waals surface area contributed by atoms with Crippen molar-refractivity contribution in [1.29, 1.82) is 0 Å². The van der Waals surface area contributed by atoms with Gasteiger partial charge < -0.3 is 38.7 Å². The van der Waals surface area contributed by atoms with Gasteiger partial charge in [0.15, 0.2) is 23.9 Å². The second-order valence-corrected chi connectivity index (χ2v) is 12.5. The van der Waals surface area contributed by atoms with Gasteiger partial charge in [0.05, 0.1) is 26.0 Å². The Labute approximate surface area is 293 Å². The largest absolute Gasteiger partial charge is 0.493 e.